The van der Waals surface area contributed by atoms with Crippen LogP contribution >= 0.6 is 0 Å². The molecule has 0 bridgehead atoms. The summed E-state index contributed by atoms with van der Waals surface area (Å²) in [6, 6.07) is 5.72. The van der Waals surface area contributed by atoms with Gasteiger partial charge in [0.05, 0.1) is 12.6 Å². The number of ketones is 1. The van der Waals surface area contributed by atoms with Crippen molar-refractivity contribution in [3.63, 3.8) is 0 Å². The van der Waals surface area contributed by atoms with Crippen molar-refractivity contribution < 1.29 is 9.53 Å². The maximum absolute atomic E-state index is 11.4. The van der Waals surface area contributed by atoms with Crippen molar-refractivity contribution in [3.05, 3.63) is 30.0 Å². The molecular weight excluding hydrogens is 190 g/mol. The Labute approximate surface area is 88.3 Å². The van der Waals surface area contributed by atoms with Crippen molar-refractivity contribution in [3.8, 4) is 5.75 Å². The van der Waals surface area contributed by atoms with Gasteiger partial charge in [0.25, 0.3) is 0 Å². The van der Waals surface area contributed by atoms with Gasteiger partial charge in [-0.15, -0.1) is 0 Å². The number of hydrogen-bond acceptors (Lipinski definition) is 2. The molecule has 1 aromatic heterocycles. The Morgan fingerprint density at radius 1 is 1.40 bits per heavy atom. The highest BCUT2D eigenvalue weighted by molar-refractivity contribution is 6.07. The number of fused-ring (bicyclic) bond motifs is 1. The number of rotatable bonds is 2. The summed E-state index contributed by atoms with van der Waals surface area (Å²) >= 11 is 0. The predicted molar refractivity (Wildman–Crippen MR) is 59.5 cm³/mol. The van der Waals surface area contributed by atoms with Gasteiger partial charge in [-0.1, -0.05) is 0 Å². The second kappa shape index (κ2) is 3.42. The summed E-state index contributed by atoms with van der Waals surface area (Å²) in [6.45, 7) is 1.58. The van der Waals surface area contributed by atoms with Crippen LogP contribution in [0.3, 0.4) is 0 Å². The van der Waals surface area contributed by atoms with E-state index in [2.05, 4.69) is 0 Å². The molecule has 0 saturated heterocycles. The van der Waals surface area contributed by atoms with Crippen LogP contribution in [0.4, 0.5) is 0 Å². The maximum atomic E-state index is 11.4. The number of carbonyl (C=O) groups excluding carboxylic acids is 1. The molecule has 0 radical (unpaired) electrons. The summed E-state index contributed by atoms with van der Waals surface area (Å²) in [6.07, 6.45) is 1.85. The number of methoxy groups -OCH3 is 1. The van der Waals surface area contributed by atoms with E-state index in [4.69, 9.17) is 4.74 Å². The van der Waals surface area contributed by atoms with E-state index in [-0.39, 0.29) is 5.78 Å². The van der Waals surface area contributed by atoms with Gasteiger partial charge in [-0.2, -0.15) is 0 Å². The van der Waals surface area contributed by atoms with Gasteiger partial charge < -0.3 is 9.30 Å². The van der Waals surface area contributed by atoms with Crippen molar-refractivity contribution in [1.82, 2.24) is 4.57 Å². The first-order valence-electron chi connectivity index (χ1n) is 4.77. The molecule has 3 nitrogen and oxygen atoms in total. The zero-order chi connectivity index (χ0) is 11.0. The zero-order valence-electron chi connectivity index (χ0n) is 9.07. The lowest BCUT2D eigenvalue weighted by molar-refractivity contribution is 0.101. The van der Waals surface area contributed by atoms with Crippen molar-refractivity contribution in [2.24, 2.45) is 7.05 Å². The molecule has 2 rings (SSSR count). The minimum atomic E-state index is 0.0887. The Balaban J connectivity index is 2.75. The van der Waals surface area contributed by atoms with Crippen molar-refractivity contribution in [2.75, 3.05) is 7.11 Å². The lowest BCUT2D eigenvalue weighted by Crippen LogP contribution is -1.89. The van der Waals surface area contributed by atoms with Crippen LogP contribution in [0.5, 0.6) is 5.75 Å². The molecule has 0 aliphatic heterocycles. The molecular formula is C12H13NO2. The molecule has 1 aromatic carbocycles. The van der Waals surface area contributed by atoms with Crippen LogP contribution in [0.2, 0.25) is 0 Å². The SMILES string of the molecule is COc1ccc2c(C(C)=O)cn(C)c2c1. The van der Waals surface area contributed by atoms with E-state index in [0.29, 0.717) is 0 Å². The zero-order valence-corrected chi connectivity index (χ0v) is 9.07. The lowest BCUT2D eigenvalue weighted by Gasteiger charge is -2.01. The number of hydrogen-bond donors (Lipinski definition) is 0. The average molecular weight is 203 g/mol. The molecule has 0 amide bonds. The Bertz CT molecular complexity index is 526. The van der Waals surface area contributed by atoms with Gasteiger partial charge in [0, 0.05) is 30.3 Å². The van der Waals surface area contributed by atoms with Crippen LogP contribution in [-0.2, 0) is 7.05 Å². The highest BCUT2D eigenvalue weighted by Crippen LogP contribution is 2.25. The fourth-order valence-electron chi connectivity index (χ4n) is 1.77. The van der Waals surface area contributed by atoms with Gasteiger partial charge in [0.15, 0.2) is 5.78 Å². The molecule has 0 unspecified atom stereocenters. The average Bonchev–Trinajstić information content (AvgIpc) is 2.56. The summed E-state index contributed by atoms with van der Waals surface area (Å²) in [5, 5.41) is 0.978. The molecule has 0 N–H and O–H groups in total. The Morgan fingerprint density at radius 3 is 2.73 bits per heavy atom. The smallest absolute Gasteiger partial charge is 0.161 e. The van der Waals surface area contributed by atoms with Gasteiger partial charge in [0.2, 0.25) is 0 Å². The minimum Gasteiger partial charge on any atom is -0.497 e. The molecule has 0 fully saturated rings. The fraction of sp³-hybridized carbons (Fsp3) is 0.250. The largest absolute Gasteiger partial charge is 0.497 e. The molecule has 0 saturated carbocycles. The third-order valence-electron chi connectivity index (χ3n) is 2.58. The topological polar surface area (TPSA) is 31.2 Å². The van der Waals surface area contributed by atoms with Crippen molar-refractivity contribution >= 4 is 16.7 Å². The van der Waals surface area contributed by atoms with Gasteiger partial charge in [-0.05, 0) is 19.1 Å². The second-order valence-corrected chi connectivity index (χ2v) is 3.59. The maximum Gasteiger partial charge on any atom is 0.161 e. The van der Waals surface area contributed by atoms with E-state index in [1.165, 1.54) is 0 Å². The fourth-order valence-corrected chi connectivity index (χ4v) is 1.77. The van der Waals surface area contributed by atoms with Crippen LogP contribution in [0.1, 0.15) is 17.3 Å². The standard InChI is InChI=1S/C12H13NO2/c1-8(14)11-7-13(2)12-6-9(15-3)4-5-10(11)12/h4-7H,1-3H3. The first kappa shape index (κ1) is 9.77. The van der Waals surface area contributed by atoms with E-state index >= 15 is 0 Å². The predicted octanol–water partition coefficient (Wildman–Crippen LogP) is 2.39. The summed E-state index contributed by atoms with van der Waals surface area (Å²) in [5.74, 6) is 0.893. The summed E-state index contributed by atoms with van der Waals surface area (Å²) in [5.41, 5.74) is 1.77. The number of Topliss-reactive ketones (excluding diaryl/α,β-unsaturated/α-hetero) is 1. The second-order valence-electron chi connectivity index (χ2n) is 3.59. The Morgan fingerprint density at radius 2 is 2.13 bits per heavy atom. The van der Waals surface area contributed by atoms with E-state index in [9.17, 15) is 4.79 Å². The molecule has 0 spiro atoms. The van der Waals surface area contributed by atoms with Crippen molar-refractivity contribution in [2.45, 2.75) is 6.92 Å². The first-order chi connectivity index (χ1) is 7.13. The number of benzene rings is 1. The van der Waals surface area contributed by atoms with E-state index in [1.807, 2.05) is 36.0 Å². The van der Waals surface area contributed by atoms with Crippen molar-refractivity contribution in [1.29, 1.82) is 0 Å². The van der Waals surface area contributed by atoms with Gasteiger partial charge in [0.1, 0.15) is 5.75 Å². The number of aryl methyl sites for hydroxylation is 1. The highest BCUT2D eigenvalue weighted by atomic mass is 16.5. The molecule has 0 aliphatic carbocycles. The molecule has 78 valence electrons. The molecule has 1 heterocycles. The molecule has 3 heteroatoms. The number of aromatic nitrogens is 1. The Hall–Kier alpha value is -1.77. The van der Waals surface area contributed by atoms with E-state index in [0.717, 1.165) is 22.2 Å². The first-order valence-corrected chi connectivity index (χ1v) is 4.77. The molecule has 0 atom stereocenters. The normalized spacial score (nSPS) is 10.6. The molecule has 2 aromatic rings. The van der Waals surface area contributed by atoms with Crippen LogP contribution in [-0.4, -0.2) is 17.5 Å². The molecule has 15 heavy (non-hydrogen) atoms. The van der Waals surface area contributed by atoms with Gasteiger partial charge >= 0.3 is 0 Å². The third kappa shape index (κ3) is 1.50. The summed E-state index contributed by atoms with van der Waals surface area (Å²) in [4.78, 5) is 11.4. The lowest BCUT2D eigenvalue weighted by atomic mass is 10.1. The summed E-state index contributed by atoms with van der Waals surface area (Å²) < 4.78 is 7.09. The van der Waals surface area contributed by atoms with Crippen LogP contribution in [0.25, 0.3) is 10.9 Å². The van der Waals surface area contributed by atoms with Gasteiger partial charge in [-0.25, -0.2) is 0 Å². The third-order valence-corrected chi connectivity index (χ3v) is 2.58. The quantitative estimate of drug-likeness (QED) is 0.702. The van der Waals surface area contributed by atoms with Crippen LogP contribution in [0, 0.1) is 0 Å². The van der Waals surface area contributed by atoms with Crippen LogP contribution < -0.4 is 4.74 Å². The minimum absolute atomic E-state index is 0.0887. The van der Waals surface area contributed by atoms with E-state index in [1.54, 1.807) is 14.0 Å². The summed E-state index contributed by atoms with van der Waals surface area (Å²) in [7, 11) is 3.56. The van der Waals surface area contributed by atoms with Crippen LogP contribution in [0.15, 0.2) is 24.4 Å². The number of ether oxygens (including phenoxy) is 1. The number of nitrogens with zero attached hydrogens (tertiary/aromatic N) is 1. The Kier molecular flexibility index (Phi) is 2.23. The van der Waals surface area contributed by atoms with E-state index < -0.39 is 0 Å². The number of carbonyl (C=O) groups is 1. The molecule has 0 aliphatic rings. The highest BCUT2D eigenvalue weighted by Gasteiger charge is 2.10. The monoisotopic (exact) mass is 203 g/mol. The van der Waals surface area contributed by atoms with Gasteiger partial charge in [-0.3, -0.25) is 4.79 Å².